The summed E-state index contributed by atoms with van der Waals surface area (Å²) >= 11 is 1.46. The van der Waals surface area contributed by atoms with Gasteiger partial charge < -0.3 is 10.6 Å². The highest BCUT2D eigenvalue weighted by Crippen LogP contribution is 2.17. The standard InChI is InChI=1S/C16H19N3OS/c1-12(20)18-16-19-15(11-21-16)7-6-13-4-3-5-14(10-13)8-9-17-2/h2-5,10-11,17H,6-9H2,1H3,(H,18,19,20). The summed E-state index contributed by atoms with van der Waals surface area (Å²) in [5.74, 6) is -0.0860. The number of carbonyl (C=O) groups excluding carboxylic acids is 1. The van der Waals surface area contributed by atoms with Gasteiger partial charge in [-0.15, -0.1) is 11.3 Å². The molecule has 0 atom stereocenters. The number of aryl methyl sites for hydroxylation is 2. The first-order valence-corrected chi connectivity index (χ1v) is 7.78. The van der Waals surface area contributed by atoms with Crippen LogP contribution in [-0.4, -0.2) is 17.4 Å². The summed E-state index contributed by atoms with van der Waals surface area (Å²) in [6.07, 6.45) is 2.73. The number of hydrogen-bond donors (Lipinski definition) is 2. The maximum atomic E-state index is 11.0. The largest absolute Gasteiger partial charge is 0.311 e. The van der Waals surface area contributed by atoms with Crippen LogP contribution in [0.5, 0.6) is 0 Å². The first-order chi connectivity index (χ1) is 10.2. The Morgan fingerprint density at radius 1 is 1.29 bits per heavy atom. The second-order valence-corrected chi connectivity index (χ2v) is 5.71. The van der Waals surface area contributed by atoms with E-state index in [0.717, 1.165) is 31.5 Å². The summed E-state index contributed by atoms with van der Waals surface area (Å²) in [4.78, 5) is 15.4. The quantitative estimate of drug-likeness (QED) is 0.773. The molecule has 1 aromatic carbocycles. The third-order valence-corrected chi connectivity index (χ3v) is 3.86. The Kier molecular flexibility index (Phi) is 5.90. The third-order valence-electron chi connectivity index (χ3n) is 3.05. The molecule has 0 saturated heterocycles. The van der Waals surface area contributed by atoms with Gasteiger partial charge in [0.25, 0.3) is 0 Å². The molecule has 0 bridgehead atoms. The SMILES string of the molecule is [CH]NCCc1cccc(CCc2csc(NC(C)=O)n2)c1. The number of amides is 1. The monoisotopic (exact) mass is 301 g/mol. The number of carbonyl (C=O) groups is 1. The summed E-state index contributed by atoms with van der Waals surface area (Å²) in [7, 11) is 5.30. The smallest absolute Gasteiger partial charge is 0.223 e. The van der Waals surface area contributed by atoms with Crippen LogP contribution in [0.25, 0.3) is 0 Å². The Bertz CT molecular complexity index is 595. The first-order valence-electron chi connectivity index (χ1n) is 6.90. The molecule has 1 heterocycles. The fourth-order valence-electron chi connectivity index (χ4n) is 2.06. The van der Waals surface area contributed by atoms with Crippen LogP contribution in [-0.2, 0) is 24.1 Å². The Labute approximate surface area is 129 Å². The highest BCUT2D eigenvalue weighted by molar-refractivity contribution is 7.13. The molecule has 0 fully saturated rings. The summed E-state index contributed by atoms with van der Waals surface area (Å²) in [5.41, 5.74) is 3.58. The van der Waals surface area contributed by atoms with E-state index in [1.165, 1.54) is 29.4 Å². The highest BCUT2D eigenvalue weighted by atomic mass is 32.1. The second kappa shape index (κ2) is 7.90. The Hall–Kier alpha value is -1.72. The molecule has 5 heteroatoms. The minimum absolute atomic E-state index is 0.0860. The van der Waals surface area contributed by atoms with Crippen LogP contribution in [0.4, 0.5) is 5.13 Å². The van der Waals surface area contributed by atoms with Crippen molar-refractivity contribution in [3.05, 3.63) is 53.5 Å². The van der Waals surface area contributed by atoms with Gasteiger partial charge in [0.2, 0.25) is 5.91 Å². The molecule has 2 rings (SSSR count). The van der Waals surface area contributed by atoms with Gasteiger partial charge in [0.05, 0.1) is 5.69 Å². The van der Waals surface area contributed by atoms with Crippen molar-refractivity contribution in [2.75, 3.05) is 11.9 Å². The maximum Gasteiger partial charge on any atom is 0.223 e. The van der Waals surface area contributed by atoms with Gasteiger partial charge in [-0.05, 0) is 36.9 Å². The zero-order valence-electron chi connectivity index (χ0n) is 12.1. The summed E-state index contributed by atoms with van der Waals surface area (Å²) in [5, 5.41) is 8.03. The normalized spacial score (nSPS) is 10.6. The van der Waals surface area contributed by atoms with Crippen LogP contribution in [0, 0.1) is 7.05 Å². The number of nitrogens with zero attached hydrogens (tertiary/aromatic N) is 1. The van der Waals surface area contributed by atoms with E-state index in [1.54, 1.807) is 0 Å². The third kappa shape index (κ3) is 5.28. The van der Waals surface area contributed by atoms with E-state index < -0.39 is 0 Å². The van der Waals surface area contributed by atoms with Gasteiger partial charge in [0, 0.05) is 19.4 Å². The van der Waals surface area contributed by atoms with E-state index in [-0.39, 0.29) is 5.91 Å². The molecule has 1 aromatic heterocycles. The molecule has 0 aliphatic carbocycles. The zero-order valence-corrected chi connectivity index (χ0v) is 12.9. The van der Waals surface area contributed by atoms with E-state index in [0.29, 0.717) is 5.13 Å². The zero-order chi connectivity index (χ0) is 15.1. The van der Waals surface area contributed by atoms with Gasteiger partial charge in [-0.2, -0.15) is 0 Å². The van der Waals surface area contributed by atoms with Crippen molar-refractivity contribution in [3.63, 3.8) is 0 Å². The molecular formula is C16H19N3OS. The van der Waals surface area contributed by atoms with E-state index in [4.69, 9.17) is 7.05 Å². The molecule has 2 radical (unpaired) electrons. The van der Waals surface area contributed by atoms with Gasteiger partial charge in [-0.3, -0.25) is 4.79 Å². The number of rotatable bonds is 7. The molecule has 0 saturated carbocycles. The van der Waals surface area contributed by atoms with E-state index in [1.807, 2.05) is 5.38 Å². The number of thiazole rings is 1. The number of hydrogen-bond acceptors (Lipinski definition) is 4. The summed E-state index contributed by atoms with van der Waals surface area (Å²) in [6, 6.07) is 8.52. The van der Waals surface area contributed by atoms with Crippen molar-refractivity contribution < 1.29 is 4.79 Å². The van der Waals surface area contributed by atoms with Crippen molar-refractivity contribution in [1.29, 1.82) is 0 Å². The number of nitrogens with one attached hydrogen (secondary N) is 2. The van der Waals surface area contributed by atoms with E-state index in [9.17, 15) is 4.79 Å². The van der Waals surface area contributed by atoms with Crippen LogP contribution in [0.15, 0.2) is 29.6 Å². The van der Waals surface area contributed by atoms with Crippen LogP contribution >= 0.6 is 11.3 Å². The Morgan fingerprint density at radius 2 is 2.05 bits per heavy atom. The lowest BCUT2D eigenvalue weighted by atomic mass is 10.0. The molecule has 0 spiro atoms. The number of benzene rings is 1. The molecule has 4 nitrogen and oxygen atoms in total. The molecule has 21 heavy (non-hydrogen) atoms. The predicted molar refractivity (Wildman–Crippen MR) is 86.3 cm³/mol. The first kappa shape index (κ1) is 15.7. The van der Waals surface area contributed by atoms with Gasteiger partial charge in [0.15, 0.2) is 5.13 Å². The van der Waals surface area contributed by atoms with E-state index in [2.05, 4.69) is 39.9 Å². The minimum atomic E-state index is -0.0860. The lowest BCUT2D eigenvalue weighted by Gasteiger charge is -2.04. The van der Waals surface area contributed by atoms with Crippen molar-refractivity contribution in [1.82, 2.24) is 10.3 Å². The van der Waals surface area contributed by atoms with Gasteiger partial charge in [-0.25, -0.2) is 4.98 Å². The van der Waals surface area contributed by atoms with Gasteiger partial charge in [0.1, 0.15) is 0 Å². The minimum Gasteiger partial charge on any atom is -0.311 e. The highest BCUT2D eigenvalue weighted by Gasteiger charge is 2.04. The van der Waals surface area contributed by atoms with Crippen molar-refractivity contribution >= 4 is 22.4 Å². The lowest BCUT2D eigenvalue weighted by molar-refractivity contribution is -0.114. The molecular weight excluding hydrogens is 282 g/mol. The number of aromatic nitrogens is 1. The predicted octanol–water partition coefficient (Wildman–Crippen LogP) is 2.69. The second-order valence-electron chi connectivity index (χ2n) is 4.85. The van der Waals surface area contributed by atoms with Crippen molar-refractivity contribution in [3.8, 4) is 0 Å². The van der Waals surface area contributed by atoms with Crippen LogP contribution < -0.4 is 10.6 Å². The molecule has 2 aromatic rings. The number of anilines is 1. The molecule has 110 valence electrons. The fourth-order valence-corrected chi connectivity index (χ4v) is 2.85. The average Bonchev–Trinajstić information content (AvgIpc) is 2.90. The molecule has 0 unspecified atom stereocenters. The van der Waals surface area contributed by atoms with Gasteiger partial charge >= 0.3 is 0 Å². The maximum absolute atomic E-state index is 11.0. The Morgan fingerprint density at radius 3 is 2.76 bits per heavy atom. The van der Waals surface area contributed by atoms with Crippen LogP contribution in [0.2, 0.25) is 0 Å². The topological polar surface area (TPSA) is 54.0 Å². The summed E-state index contributed by atoms with van der Waals surface area (Å²) < 4.78 is 0. The van der Waals surface area contributed by atoms with Crippen molar-refractivity contribution in [2.45, 2.75) is 26.2 Å². The average molecular weight is 301 g/mol. The lowest BCUT2D eigenvalue weighted by Crippen LogP contribution is -2.08. The van der Waals surface area contributed by atoms with Gasteiger partial charge in [-0.1, -0.05) is 24.3 Å². The molecule has 1 amide bonds. The van der Waals surface area contributed by atoms with E-state index >= 15 is 0 Å². The summed E-state index contributed by atoms with van der Waals surface area (Å²) in [6.45, 7) is 2.26. The molecule has 0 aliphatic heterocycles. The molecule has 2 N–H and O–H groups in total. The molecule has 0 aliphatic rings. The van der Waals surface area contributed by atoms with Crippen LogP contribution in [0.3, 0.4) is 0 Å². The fraction of sp³-hybridized carbons (Fsp3) is 0.312. The van der Waals surface area contributed by atoms with Crippen LogP contribution in [0.1, 0.15) is 23.7 Å². The Balaban J connectivity index is 1.90. The van der Waals surface area contributed by atoms with Crippen molar-refractivity contribution in [2.24, 2.45) is 0 Å².